The zero-order chi connectivity index (χ0) is 29.5. The van der Waals surface area contributed by atoms with Gasteiger partial charge in [-0.05, 0) is 29.8 Å². The SMILES string of the molecule is O=C1C2C3C=CC(c4ccccc4)(C2C(=O)N1c1ccccc1N([O-])O)C1C(=O)N(c2ccccc2N([O-])O)C(=O)C31. The molecule has 42 heavy (non-hydrogen) atoms. The minimum Gasteiger partial charge on any atom is -0.733 e. The van der Waals surface area contributed by atoms with Gasteiger partial charge in [0.25, 0.3) is 0 Å². The van der Waals surface area contributed by atoms with Crippen LogP contribution in [0.25, 0.3) is 0 Å². The molecule has 0 spiro atoms. The lowest BCUT2D eigenvalue weighted by molar-refractivity contribution is -0.140. The quantitative estimate of drug-likeness (QED) is 0.266. The average molecular weight is 567 g/mol. The van der Waals surface area contributed by atoms with E-state index in [2.05, 4.69) is 0 Å². The number of para-hydroxylation sites is 4. The summed E-state index contributed by atoms with van der Waals surface area (Å²) in [6.45, 7) is 0. The summed E-state index contributed by atoms with van der Waals surface area (Å²) in [5, 5.41) is 42.5. The Morgan fingerprint density at radius 3 is 1.50 bits per heavy atom. The highest BCUT2D eigenvalue weighted by molar-refractivity contribution is 6.28. The second-order valence-electron chi connectivity index (χ2n) is 10.8. The van der Waals surface area contributed by atoms with Crippen molar-refractivity contribution < 1.29 is 29.6 Å². The van der Waals surface area contributed by atoms with Crippen LogP contribution in [-0.2, 0) is 24.6 Å². The highest BCUT2D eigenvalue weighted by Crippen LogP contribution is 2.65. The van der Waals surface area contributed by atoms with Gasteiger partial charge < -0.3 is 20.9 Å². The molecule has 1 saturated carbocycles. The maximum atomic E-state index is 14.3. The Morgan fingerprint density at radius 2 is 1.05 bits per heavy atom. The normalized spacial score (nSPS) is 29.3. The van der Waals surface area contributed by atoms with E-state index in [1.807, 2.05) is 0 Å². The van der Waals surface area contributed by atoms with Crippen molar-refractivity contribution >= 4 is 46.4 Å². The summed E-state index contributed by atoms with van der Waals surface area (Å²) >= 11 is 0. The van der Waals surface area contributed by atoms with Crippen LogP contribution in [-0.4, -0.2) is 34.0 Å². The number of allylic oxidation sites excluding steroid dienone is 2. The van der Waals surface area contributed by atoms with Gasteiger partial charge in [0.1, 0.15) is 0 Å². The van der Waals surface area contributed by atoms with Crippen molar-refractivity contribution in [3.63, 3.8) is 0 Å². The Bertz CT molecular complexity index is 1590. The van der Waals surface area contributed by atoms with Gasteiger partial charge in [-0.1, -0.05) is 66.7 Å². The Labute approximate surface area is 238 Å². The van der Waals surface area contributed by atoms with Crippen molar-refractivity contribution in [3.05, 3.63) is 107 Å². The summed E-state index contributed by atoms with van der Waals surface area (Å²) in [5.74, 6) is -7.86. The van der Waals surface area contributed by atoms with Gasteiger partial charge in [0.15, 0.2) is 0 Å². The molecular formula is C30H22N4O8-2. The number of carbonyl (C=O) groups excluding carboxylic acids is 4. The number of imide groups is 2. The van der Waals surface area contributed by atoms with E-state index in [1.165, 1.54) is 48.5 Å². The fourth-order valence-corrected chi connectivity index (χ4v) is 7.58. The smallest absolute Gasteiger partial charge is 0.239 e. The van der Waals surface area contributed by atoms with Gasteiger partial charge in [0.05, 0.1) is 46.4 Å². The Kier molecular flexibility index (Phi) is 5.62. The standard InChI is InChI=1S/C30H22N4O8/c35-26-22-17-14-15-30(16-8-2-1-3-9-16,24(22)28(37)31(26)18-10-4-6-12-20(18)33(39)40)25-23(17)27(36)32(29(25)38)19-11-5-7-13-21(19)34(41)42/h1-15,17,22-25,39,41H/q-2. The molecule has 4 atom stereocenters. The van der Waals surface area contributed by atoms with Gasteiger partial charge in [0.2, 0.25) is 23.6 Å². The molecule has 12 nitrogen and oxygen atoms in total. The van der Waals surface area contributed by atoms with E-state index in [9.17, 15) is 40.0 Å². The molecule has 2 saturated heterocycles. The van der Waals surface area contributed by atoms with Gasteiger partial charge in [-0.15, -0.1) is 0 Å². The van der Waals surface area contributed by atoms with Gasteiger partial charge in [-0.3, -0.25) is 29.6 Å². The van der Waals surface area contributed by atoms with Crippen LogP contribution in [0.5, 0.6) is 0 Å². The van der Waals surface area contributed by atoms with Crippen LogP contribution in [0.3, 0.4) is 0 Å². The van der Waals surface area contributed by atoms with Crippen molar-refractivity contribution in [1.82, 2.24) is 0 Å². The summed E-state index contributed by atoms with van der Waals surface area (Å²) in [4.78, 5) is 58.7. The molecule has 2 aliphatic heterocycles. The van der Waals surface area contributed by atoms with Crippen molar-refractivity contribution in [2.75, 3.05) is 20.3 Å². The number of benzene rings is 3. The van der Waals surface area contributed by atoms with E-state index < -0.39 is 69.1 Å². The summed E-state index contributed by atoms with van der Waals surface area (Å²) in [7, 11) is 0. The highest BCUT2D eigenvalue weighted by Gasteiger charge is 2.75. The third-order valence-electron chi connectivity index (χ3n) is 9.09. The lowest BCUT2D eigenvalue weighted by atomic mass is 9.45. The van der Waals surface area contributed by atoms with Crippen LogP contribution in [0.2, 0.25) is 0 Å². The number of anilines is 4. The molecule has 0 radical (unpaired) electrons. The van der Waals surface area contributed by atoms with E-state index >= 15 is 0 Å². The predicted octanol–water partition coefficient (Wildman–Crippen LogP) is 3.12. The highest BCUT2D eigenvalue weighted by atomic mass is 16.8. The second kappa shape index (κ2) is 9.06. The van der Waals surface area contributed by atoms with Gasteiger partial charge >= 0.3 is 0 Å². The summed E-state index contributed by atoms with van der Waals surface area (Å²) < 4.78 is 0. The molecule has 2 heterocycles. The molecule has 3 aliphatic carbocycles. The monoisotopic (exact) mass is 566 g/mol. The minimum absolute atomic E-state index is 0.112. The van der Waals surface area contributed by atoms with E-state index in [0.29, 0.717) is 5.56 Å². The molecule has 2 N–H and O–H groups in total. The maximum Gasteiger partial charge on any atom is 0.239 e. The zero-order valence-electron chi connectivity index (χ0n) is 21.7. The first-order chi connectivity index (χ1) is 20.2. The van der Waals surface area contributed by atoms with Crippen LogP contribution < -0.4 is 20.3 Å². The first-order valence-electron chi connectivity index (χ1n) is 13.2. The number of hydrogen-bond acceptors (Lipinski definition) is 10. The van der Waals surface area contributed by atoms with Crippen LogP contribution in [0, 0.1) is 40.0 Å². The van der Waals surface area contributed by atoms with Crippen molar-refractivity contribution in [2.24, 2.45) is 29.6 Å². The Morgan fingerprint density at radius 1 is 0.619 bits per heavy atom. The van der Waals surface area contributed by atoms with Crippen molar-refractivity contribution in [3.8, 4) is 0 Å². The van der Waals surface area contributed by atoms with E-state index in [-0.39, 0.29) is 22.7 Å². The average Bonchev–Trinajstić information content (AvgIpc) is 3.44. The molecule has 12 heteroatoms. The molecule has 3 fully saturated rings. The predicted molar refractivity (Wildman–Crippen MR) is 148 cm³/mol. The molecule has 3 aromatic carbocycles. The van der Waals surface area contributed by atoms with E-state index in [0.717, 1.165) is 9.80 Å². The molecule has 5 aliphatic rings. The van der Waals surface area contributed by atoms with Crippen LogP contribution >= 0.6 is 0 Å². The molecule has 212 valence electrons. The van der Waals surface area contributed by atoms with Gasteiger partial charge in [-0.25, -0.2) is 9.80 Å². The molecular weight excluding hydrogens is 544 g/mol. The lowest BCUT2D eigenvalue weighted by Crippen LogP contribution is -2.60. The molecule has 3 aromatic rings. The summed E-state index contributed by atoms with van der Waals surface area (Å²) in [6, 6.07) is 19.9. The fraction of sp³-hybridized carbons (Fsp3) is 0.200. The Balaban J connectivity index is 1.43. The number of hydrogen-bond donors (Lipinski definition) is 2. The first kappa shape index (κ1) is 26.0. The first-order valence-corrected chi connectivity index (χ1v) is 13.2. The second-order valence-corrected chi connectivity index (χ2v) is 10.8. The molecule has 8 rings (SSSR count). The van der Waals surface area contributed by atoms with Crippen LogP contribution in [0.15, 0.2) is 91.0 Å². The zero-order valence-corrected chi connectivity index (χ0v) is 21.7. The summed E-state index contributed by atoms with van der Waals surface area (Å²) in [6.07, 6.45) is 3.43. The molecule has 4 unspecified atom stereocenters. The van der Waals surface area contributed by atoms with Gasteiger partial charge in [-0.2, -0.15) is 0 Å². The fourth-order valence-electron chi connectivity index (χ4n) is 7.58. The van der Waals surface area contributed by atoms with E-state index in [4.69, 9.17) is 0 Å². The third kappa shape index (κ3) is 3.20. The largest absolute Gasteiger partial charge is 0.733 e. The minimum atomic E-state index is -1.44. The number of nitrogens with zero attached hydrogens (tertiary/aromatic N) is 4. The topological polar surface area (TPSA) is 168 Å². The maximum absolute atomic E-state index is 14.3. The van der Waals surface area contributed by atoms with Gasteiger partial charge in [0, 0.05) is 11.3 Å². The molecule has 2 bridgehead atoms. The molecule has 0 aromatic heterocycles. The van der Waals surface area contributed by atoms with Crippen LogP contribution in [0.4, 0.5) is 22.7 Å². The Hall–Kier alpha value is -4.88. The van der Waals surface area contributed by atoms with Crippen molar-refractivity contribution in [2.45, 2.75) is 5.41 Å². The van der Waals surface area contributed by atoms with Crippen molar-refractivity contribution in [1.29, 1.82) is 0 Å². The lowest BCUT2D eigenvalue weighted by Gasteiger charge is -2.53. The number of rotatable bonds is 5. The number of carbonyl (C=O) groups is 4. The number of amides is 4. The van der Waals surface area contributed by atoms with Crippen LogP contribution in [0.1, 0.15) is 5.56 Å². The molecule has 4 amide bonds. The summed E-state index contributed by atoms with van der Waals surface area (Å²) in [5.41, 5.74) is -1.75. The third-order valence-corrected chi connectivity index (χ3v) is 9.09. The van der Waals surface area contributed by atoms with E-state index in [1.54, 1.807) is 42.5 Å².